The van der Waals surface area contributed by atoms with Crippen LogP contribution in [0.4, 0.5) is 0 Å². The minimum atomic E-state index is -0.811. The van der Waals surface area contributed by atoms with E-state index in [1.807, 2.05) is 0 Å². The molecule has 1 N–H and O–H groups in total. The zero-order chi connectivity index (χ0) is 17.7. The number of hydrogen-bond acceptors (Lipinski definition) is 3. The second-order valence-electron chi connectivity index (χ2n) is 6.43. The predicted octanol–water partition coefficient (Wildman–Crippen LogP) is 4.16. The van der Waals surface area contributed by atoms with E-state index in [0.29, 0.717) is 21.5 Å². The summed E-state index contributed by atoms with van der Waals surface area (Å²) in [5.41, 5.74) is 0.697. The van der Waals surface area contributed by atoms with Crippen molar-refractivity contribution in [3.05, 3.63) is 33.8 Å². The summed E-state index contributed by atoms with van der Waals surface area (Å²) in [6.07, 6.45) is 3.68. The van der Waals surface area contributed by atoms with Crippen LogP contribution in [0.15, 0.2) is 18.2 Å². The second kappa shape index (κ2) is 8.72. The Kier molecular flexibility index (Phi) is 6.93. The highest BCUT2D eigenvalue weighted by molar-refractivity contribution is 6.42. The van der Waals surface area contributed by atoms with Gasteiger partial charge in [0.1, 0.15) is 0 Å². The molecule has 1 aromatic rings. The van der Waals surface area contributed by atoms with Crippen LogP contribution >= 0.6 is 23.2 Å². The molecular formula is C18H23Cl2NO3. The van der Waals surface area contributed by atoms with Crippen LogP contribution in [0.2, 0.25) is 10.0 Å². The lowest BCUT2D eigenvalue weighted by Crippen LogP contribution is -2.46. The first-order valence-electron chi connectivity index (χ1n) is 8.30. The molecule has 0 radical (unpaired) electrons. The van der Waals surface area contributed by atoms with Gasteiger partial charge >= 0.3 is 5.97 Å². The molecule has 132 valence electrons. The van der Waals surface area contributed by atoms with Gasteiger partial charge in [0.25, 0.3) is 5.91 Å². The standard InChI is InChI=1S/C18H23Cl2NO3/c1-11-5-3-4-6-16(11)21-18(23)12(2)24-17(22)10-13-7-8-14(19)15(20)9-13/h7-9,11-12,16H,3-6,10H2,1-2H3,(H,21,23)/t11-,12-,16+/m1/s1. The Balaban J connectivity index is 1.83. The molecule has 6 heteroatoms. The van der Waals surface area contributed by atoms with Crippen molar-refractivity contribution in [3.8, 4) is 0 Å². The van der Waals surface area contributed by atoms with Crippen molar-refractivity contribution < 1.29 is 14.3 Å². The van der Waals surface area contributed by atoms with Gasteiger partial charge in [0, 0.05) is 6.04 Å². The third-order valence-electron chi connectivity index (χ3n) is 4.45. The van der Waals surface area contributed by atoms with E-state index in [1.165, 1.54) is 6.42 Å². The third kappa shape index (κ3) is 5.38. The number of amides is 1. The average molecular weight is 372 g/mol. The van der Waals surface area contributed by atoms with Gasteiger partial charge in [-0.3, -0.25) is 9.59 Å². The van der Waals surface area contributed by atoms with Crippen molar-refractivity contribution in [3.63, 3.8) is 0 Å². The molecule has 1 aromatic carbocycles. The minimum absolute atomic E-state index is 0.0499. The number of carbonyl (C=O) groups excluding carboxylic acids is 2. The fourth-order valence-corrected chi connectivity index (χ4v) is 3.26. The number of nitrogens with one attached hydrogen (secondary N) is 1. The topological polar surface area (TPSA) is 55.4 Å². The Morgan fingerprint density at radius 1 is 1.25 bits per heavy atom. The van der Waals surface area contributed by atoms with Crippen LogP contribution in [0.1, 0.15) is 45.1 Å². The van der Waals surface area contributed by atoms with Gasteiger partial charge in [0.05, 0.1) is 16.5 Å². The predicted molar refractivity (Wildman–Crippen MR) is 95.3 cm³/mol. The summed E-state index contributed by atoms with van der Waals surface area (Å²) in [5.74, 6) is -0.245. The summed E-state index contributed by atoms with van der Waals surface area (Å²) in [7, 11) is 0. The van der Waals surface area contributed by atoms with Gasteiger partial charge in [0.2, 0.25) is 0 Å². The molecule has 1 amide bonds. The van der Waals surface area contributed by atoms with Crippen molar-refractivity contribution in [1.29, 1.82) is 0 Å². The highest BCUT2D eigenvalue weighted by Gasteiger charge is 2.26. The fourth-order valence-electron chi connectivity index (χ4n) is 2.94. The lowest BCUT2D eigenvalue weighted by atomic mass is 9.86. The van der Waals surface area contributed by atoms with Crippen LogP contribution in [-0.2, 0) is 20.7 Å². The number of halogens is 2. The monoisotopic (exact) mass is 371 g/mol. The van der Waals surface area contributed by atoms with Crippen LogP contribution in [0.25, 0.3) is 0 Å². The molecule has 0 bridgehead atoms. The van der Waals surface area contributed by atoms with Crippen LogP contribution < -0.4 is 5.32 Å². The Labute approximate surface area is 152 Å². The first-order valence-corrected chi connectivity index (χ1v) is 9.06. The molecule has 1 aliphatic rings. The van der Waals surface area contributed by atoms with Gasteiger partial charge in [-0.15, -0.1) is 0 Å². The summed E-state index contributed by atoms with van der Waals surface area (Å²) in [6, 6.07) is 5.14. The summed E-state index contributed by atoms with van der Waals surface area (Å²) in [4.78, 5) is 24.2. The summed E-state index contributed by atoms with van der Waals surface area (Å²) in [6.45, 7) is 3.74. The first kappa shape index (κ1) is 19.1. The van der Waals surface area contributed by atoms with E-state index in [2.05, 4.69) is 12.2 Å². The number of rotatable bonds is 5. The van der Waals surface area contributed by atoms with Crippen molar-refractivity contribution in [2.75, 3.05) is 0 Å². The normalized spacial score (nSPS) is 21.8. The molecule has 1 aliphatic carbocycles. The quantitative estimate of drug-likeness (QED) is 0.790. The Bertz CT molecular complexity index is 606. The highest BCUT2D eigenvalue weighted by Crippen LogP contribution is 2.24. The smallest absolute Gasteiger partial charge is 0.311 e. The van der Waals surface area contributed by atoms with Crippen LogP contribution in [0.5, 0.6) is 0 Å². The van der Waals surface area contributed by atoms with Crippen molar-refractivity contribution >= 4 is 35.1 Å². The first-order chi connectivity index (χ1) is 11.4. The molecule has 24 heavy (non-hydrogen) atoms. The number of ether oxygens (including phenoxy) is 1. The van der Waals surface area contributed by atoms with Crippen LogP contribution in [0, 0.1) is 5.92 Å². The average Bonchev–Trinajstić information content (AvgIpc) is 2.53. The number of hydrogen-bond donors (Lipinski definition) is 1. The molecule has 0 heterocycles. The van der Waals surface area contributed by atoms with Crippen LogP contribution in [0.3, 0.4) is 0 Å². The van der Waals surface area contributed by atoms with E-state index in [0.717, 1.165) is 19.3 Å². The molecule has 1 saturated carbocycles. The third-order valence-corrected chi connectivity index (χ3v) is 5.19. The van der Waals surface area contributed by atoms with Crippen LogP contribution in [-0.4, -0.2) is 24.0 Å². The Morgan fingerprint density at radius 2 is 1.96 bits per heavy atom. The number of carbonyl (C=O) groups is 2. The van der Waals surface area contributed by atoms with Crippen molar-refractivity contribution in [2.45, 2.75) is 58.1 Å². The second-order valence-corrected chi connectivity index (χ2v) is 7.25. The lowest BCUT2D eigenvalue weighted by molar-refractivity contribution is -0.154. The maximum Gasteiger partial charge on any atom is 0.311 e. The molecule has 2 rings (SSSR count). The summed E-state index contributed by atoms with van der Waals surface area (Å²) in [5, 5.41) is 3.82. The van der Waals surface area contributed by atoms with Crippen molar-refractivity contribution in [1.82, 2.24) is 5.32 Å². The molecule has 0 aliphatic heterocycles. The maximum atomic E-state index is 12.2. The van der Waals surface area contributed by atoms with E-state index >= 15 is 0 Å². The van der Waals surface area contributed by atoms with Gasteiger partial charge in [0.15, 0.2) is 6.10 Å². The zero-order valence-corrected chi connectivity index (χ0v) is 15.5. The minimum Gasteiger partial charge on any atom is -0.452 e. The highest BCUT2D eigenvalue weighted by atomic mass is 35.5. The molecule has 4 nitrogen and oxygen atoms in total. The maximum absolute atomic E-state index is 12.2. The zero-order valence-electron chi connectivity index (χ0n) is 14.0. The van der Waals surface area contributed by atoms with Gasteiger partial charge in [-0.2, -0.15) is 0 Å². The van der Waals surface area contributed by atoms with E-state index in [9.17, 15) is 9.59 Å². The summed E-state index contributed by atoms with van der Waals surface area (Å²) < 4.78 is 5.24. The number of benzene rings is 1. The summed E-state index contributed by atoms with van der Waals surface area (Å²) >= 11 is 11.8. The molecule has 3 atom stereocenters. The molecule has 0 unspecified atom stereocenters. The van der Waals surface area contributed by atoms with Gasteiger partial charge in [-0.1, -0.05) is 49.0 Å². The van der Waals surface area contributed by atoms with E-state index < -0.39 is 12.1 Å². The lowest BCUT2D eigenvalue weighted by Gasteiger charge is -2.30. The molecule has 1 fully saturated rings. The molecule has 0 saturated heterocycles. The number of esters is 1. The van der Waals surface area contributed by atoms with E-state index in [1.54, 1.807) is 25.1 Å². The largest absolute Gasteiger partial charge is 0.452 e. The van der Waals surface area contributed by atoms with E-state index in [4.69, 9.17) is 27.9 Å². The van der Waals surface area contributed by atoms with Gasteiger partial charge in [-0.25, -0.2) is 0 Å². The molecular weight excluding hydrogens is 349 g/mol. The Hall–Kier alpha value is -1.26. The molecule has 0 spiro atoms. The van der Waals surface area contributed by atoms with Crippen molar-refractivity contribution in [2.24, 2.45) is 5.92 Å². The fraction of sp³-hybridized carbons (Fsp3) is 0.556. The SMILES string of the molecule is C[C@@H]1CCCC[C@@H]1NC(=O)[C@@H](C)OC(=O)Cc1ccc(Cl)c(Cl)c1. The van der Waals surface area contributed by atoms with Gasteiger partial charge in [-0.05, 0) is 43.4 Å². The van der Waals surface area contributed by atoms with E-state index in [-0.39, 0.29) is 18.4 Å². The molecule has 0 aromatic heterocycles. The Morgan fingerprint density at radius 3 is 2.62 bits per heavy atom. The van der Waals surface area contributed by atoms with Gasteiger partial charge < -0.3 is 10.1 Å².